The second-order valence-corrected chi connectivity index (χ2v) is 7.87. The minimum Gasteiger partial charge on any atom is -0.368 e. The van der Waals surface area contributed by atoms with Gasteiger partial charge in [0.25, 0.3) is 5.89 Å². The first-order valence-electron chi connectivity index (χ1n) is 9.86. The average molecular weight is 442 g/mol. The maximum atomic E-state index is 13.4. The maximum Gasteiger partial charge on any atom is 0.258 e. The second kappa shape index (κ2) is 8.20. The van der Waals surface area contributed by atoms with Crippen LogP contribution in [0, 0.1) is 11.6 Å². The van der Waals surface area contributed by atoms with Crippen molar-refractivity contribution in [1.82, 2.24) is 20.0 Å². The third kappa shape index (κ3) is 4.22. The first-order valence-corrected chi connectivity index (χ1v) is 10.2. The molecule has 4 aromatic rings. The topological polar surface area (TPSA) is 58.3 Å². The number of pyridine rings is 1. The van der Waals surface area contributed by atoms with Crippen LogP contribution in [0.1, 0.15) is 5.82 Å². The molecule has 0 N–H and O–H groups in total. The normalized spacial score (nSPS) is 15.0. The Morgan fingerprint density at radius 1 is 0.968 bits per heavy atom. The number of hydrogen-bond acceptors (Lipinski definition) is 6. The van der Waals surface area contributed by atoms with Crippen LogP contribution in [0.25, 0.3) is 22.4 Å². The van der Waals surface area contributed by atoms with Crippen molar-refractivity contribution in [2.75, 3.05) is 31.1 Å². The number of halogens is 3. The number of nitrogens with zero attached hydrogens (tertiary/aromatic N) is 5. The highest BCUT2D eigenvalue weighted by atomic mass is 35.5. The van der Waals surface area contributed by atoms with Gasteiger partial charge in [0.1, 0.15) is 11.6 Å². The van der Waals surface area contributed by atoms with Crippen molar-refractivity contribution >= 4 is 28.2 Å². The molecule has 2 aromatic carbocycles. The average Bonchev–Trinajstić information content (AvgIpc) is 3.22. The van der Waals surface area contributed by atoms with Crippen LogP contribution in [0.15, 0.2) is 53.2 Å². The van der Waals surface area contributed by atoms with Gasteiger partial charge in [-0.15, -0.1) is 0 Å². The van der Waals surface area contributed by atoms with E-state index in [-0.39, 0.29) is 11.5 Å². The molecule has 0 spiro atoms. The van der Waals surface area contributed by atoms with E-state index < -0.39 is 11.6 Å². The molecule has 2 aromatic heterocycles. The number of benzene rings is 2. The van der Waals surface area contributed by atoms with Crippen molar-refractivity contribution in [2.24, 2.45) is 0 Å². The Labute approximate surface area is 182 Å². The summed E-state index contributed by atoms with van der Waals surface area (Å²) in [5, 5.41) is 5.71. The van der Waals surface area contributed by atoms with Crippen LogP contribution in [0.3, 0.4) is 0 Å². The molecule has 9 heteroatoms. The van der Waals surface area contributed by atoms with Gasteiger partial charge in [-0.3, -0.25) is 9.88 Å². The zero-order chi connectivity index (χ0) is 21.4. The molecule has 31 heavy (non-hydrogen) atoms. The number of hydrogen-bond donors (Lipinski definition) is 0. The van der Waals surface area contributed by atoms with Gasteiger partial charge in [-0.25, -0.2) is 8.78 Å². The highest BCUT2D eigenvalue weighted by Gasteiger charge is 2.21. The molecule has 0 amide bonds. The van der Waals surface area contributed by atoms with Gasteiger partial charge in [0.2, 0.25) is 0 Å². The van der Waals surface area contributed by atoms with Crippen LogP contribution in [-0.2, 0) is 6.54 Å². The SMILES string of the molecule is Fc1cc(F)cc(-c2nc(CN3CCN(c4ccnc5cc(Cl)ccc45)CC3)no2)c1. The largest absolute Gasteiger partial charge is 0.368 e. The Bertz CT molecular complexity index is 1220. The summed E-state index contributed by atoms with van der Waals surface area (Å²) in [5.41, 5.74) is 2.24. The molecule has 1 aliphatic heterocycles. The van der Waals surface area contributed by atoms with E-state index in [4.69, 9.17) is 16.1 Å². The number of piperazine rings is 1. The van der Waals surface area contributed by atoms with Gasteiger partial charge in [-0.2, -0.15) is 4.98 Å². The van der Waals surface area contributed by atoms with Crippen molar-refractivity contribution in [1.29, 1.82) is 0 Å². The van der Waals surface area contributed by atoms with Gasteiger partial charge in [0, 0.05) is 60.1 Å². The standard InChI is InChI=1S/C22H18ClF2N5O/c23-15-1-2-18-19(11-15)26-4-3-20(18)30-7-5-29(6-8-30)13-21-27-22(31-28-21)14-9-16(24)12-17(25)10-14/h1-4,9-12H,5-8,13H2. The van der Waals surface area contributed by atoms with Crippen molar-refractivity contribution < 1.29 is 13.3 Å². The summed E-state index contributed by atoms with van der Waals surface area (Å²) in [6, 6.07) is 10.9. The fourth-order valence-corrected chi connectivity index (χ4v) is 4.01. The van der Waals surface area contributed by atoms with E-state index in [1.165, 1.54) is 12.1 Å². The van der Waals surface area contributed by atoms with E-state index in [0.29, 0.717) is 17.4 Å². The highest BCUT2D eigenvalue weighted by molar-refractivity contribution is 6.31. The summed E-state index contributed by atoms with van der Waals surface area (Å²) < 4.78 is 32.1. The first kappa shape index (κ1) is 19.8. The fourth-order valence-electron chi connectivity index (χ4n) is 3.84. The molecule has 0 atom stereocenters. The third-order valence-electron chi connectivity index (χ3n) is 5.34. The minimum atomic E-state index is -0.684. The van der Waals surface area contributed by atoms with Crippen LogP contribution >= 0.6 is 11.6 Å². The molecule has 1 fully saturated rings. The van der Waals surface area contributed by atoms with E-state index in [2.05, 4.69) is 24.9 Å². The van der Waals surface area contributed by atoms with E-state index in [9.17, 15) is 8.78 Å². The molecular formula is C22H18ClF2N5O. The smallest absolute Gasteiger partial charge is 0.258 e. The minimum absolute atomic E-state index is 0.106. The number of aromatic nitrogens is 3. The third-order valence-corrected chi connectivity index (χ3v) is 5.57. The van der Waals surface area contributed by atoms with Gasteiger partial charge >= 0.3 is 0 Å². The van der Waals surface area contributed by atoms with Gasteiger partial charge in [-0.1, -0.05) is 16.8 Å². The molecule has 3 heterocycles. The maximum absolute atomic E-state index is 13.4. The monoisotopic (exact) mass is 441 g/mol. The first-order chi connectivity index (χ1) is 15.0. The second-order valence-electron chi connectivity index (χ2n) is 7.43. The zero-order valence-corrected chi connectivity index (χ0v) is 17.2. The summed E-state index contributed by atoms with van der Waals surface area (Å²) in [4.78, 5) is 13.3. The van der Waals surface area contributed by atoms with E-state index in [1.807, 2.05) is 24.3 Å². The quantitative estimate of drug-likeness (QED) is 0.463. The van der Waals surface area contributed by atoms with E-state index in [0.717, 1.165) is 48.8 Å². The van der Waals surface area contributed by atoms with E-state index in [1.54, 1.807) is 6.20 Å². The molecule has 0 radical (unpaired) electrons. The molecule has 0 aliphatic carbocycles. The molecule has 158 valence electrons. The van der Waals surface area contributed by atoms with Gasteiger partial charge in [0.05, 0.1) is 12.1 Å². The lowest BCUT2D eigenvalue weighted by molar-refractivity contribution is 0.240. The van der Waals surface area contributed by atoms with Crippen molar-refractivity contribution in [3.63, 3.8) is 0 Å². The van der Waals surface area contributed by atoms with Crippen molar-refractivity contribution in [2.45, 2.75) is 6.54 Å². The summed E-state index contributed by atoms with van der Waals surface area (Å²) >= 11 is 6.09. The highest BCUT2D eigenvalue weighted by Crippen LogP contribution is 2.28. The summed E-state index contributed by atoms with van der Waals surface area (Å²) in [6.45, 7) is 3.80. The molecule has 1 aliphatic rings. The molecule has 6 nitrogen and oxygen atoms in total. The van der Waals surface area contributed by atoms with E-state index >= 15 is 0 Å². The Morgan fingerprint density at radius 2 is 1.74 bits per heavy atom. The number of rotatable bonds is 4. The Kier molecular flexibility index (Phi) is 5.25. The van der Waals surface area contributed by atoms with Crippen LogP contribution in [0.4, 0.5) is 14.5 Å². The predicted octanol–water partition coefficient (Wildman–Crippen LogP) is 4.54. The lowest BCUT2D eigenvalue weighted by atomic mass is 10.1. The Morgan fingerprint density at radius 3 is 2.52 bits per heavy atom. The predicted molar refractivity (Wildman–Crippen MR) is 114 cm³/mol. The summed E-state index contributed by atoms with van der Waals surface area (Å²) in [7, 11) is 0. The Balaban J connectivity index is 1.25. The zero-order valence-electron chi connectivity index (χ0n) is 16.4. The summed E-state index contributed by atoms with van der Waals surface area (Å²) in [5.74, 6) is -0.778. The lowest BCUT2D eigenvalue weighted by Crippen LogP contribution is -2.46. The van der Waals surface area contributed by atoms with Gasteiger partial charge < -0.3 is 9.42 Å². The van der Waals surface area contributed by atoms with Gasteiger partial charge in [-0.05, 0) is 36.4 Å². The molecule has 5 rings (SSSR count). The molecule has 0 unspecified atom stereocenters. The molecule has 0 saturated carbocycles. The molecule has 1 saturated heterocycles. The van der Waals surface area contributed by atoms with Crippen molar-refractivity contribution in [3.8, 4) is 11.5 Å². The molecular weight excluding hydrogens is 424 g/mol. The van der Waals surface area contributed by atoms with Crippen LogP contribution in [0.2, 0.25) is 5.02 Å². The van der Waals surface area contributed by atoms with Gasteiger partial charge in [0.15, 0.2) is 5.82 Å². The van der Waals surface area contributed by atoms with Crippen LogP contribution in [0.5, 0.6) is 0 Å². The fraction of sp³-hybridized carbons (Fsp3) is 0.227. The number of fused-ring (bicyclic) bond motifs is 1. The van der Waals surface area contributed by atoms with Crippen molar-refractivity contribution in [3.05, 3.63) is 71.1 Å². The van der Waals surface area contributed by atoms with Crippen LogP contribution in [-0.4, -0.2) is 46.2 Å². The molecule has 0 bridgehead atoms. The van der Waals surface area contributed by atoms with Crippen LogP contribution < -0.4 is 4.90 Å². The summed E-state index contributed by atoms with van der Waals surface area (Å²) in [6.07, 6.45) is 1.80. The number of anilines is 1. The Hall–Kier alpha value is -3.10. The lowest BCUT2D eigenvalue weighted by Gasteiger charge is -2.36.